The number of nitrogens with one attached hydrogen (secondary N) is 1. The number of aromatic nitrogens is 5. The molecule has 0 radical (unpaired) electrons. The molecule has 9 nitrogen and oxygen atoms in total. The lowest BCUT2D eigenvalue weighted by Crippen LogP contribution is -2.40. The molecule has 3 heterocycles. The lowest BCUT2D eigenvalue weighted by molar-refractivity contribution is 0.0704. The number of carbonyl (C=O) groups is 1. The van der Waals surface area contributed by atoms with Gasteiger partial charge in [-0.3, -0.25) is 9.59 Å². The first-order valence-corrected chi connectivity index (χ1v) is 11.4. The Bertz CT molecular complexity index is 1420. The van der Waals surface area contributed by atoms with E-state index in [1.165, 1.54) is 0 Å². The van der Waals surface area contributed by atoms with E-state index in [-0.39, 0.29) is 22.9 Å². The third-order valence-corrected chi connectivity index (χ3v) is 6.26. The number of methoxy groups -OCH3 is 1. The normalized spacial score (nSPS) is 16.1. The van der Waals surface area contributed by atoms with Crippen LogP contribution in [-0.4, -0.2) is 56.0 Å². The highest BCUT2D eigenvalue weighted by Crippen LogP contribution is 2.26. The van der Waals surface area contributed by atoms with Gasteiger partial charge in [0.1, 0.15) is 11.6 Å². The summed E-state index contributed by atoms with van der Waals surface area (Å²) in [6.45, 7) is 1.49. The summed E-state index contributed by atoms with van der Waals surface area (Å²) >= 11 is 6.10. The highest BCUT2D eigenvalue weighted by atomic mass is 35.5. The van der Waals surface area contributed by atoms with Crippen molar-refractivity contribution in [2.45, 2.75) is 25.3 Å². The van der Waals surface area contributed by atoms with Crippen molar-refractivity contribution >= 4 is 28.7 Å². The molecule has 1 amide bonds. The number of benzene rings is 2. The van der Waals surface area contributed by atoms with E-state index in [0.717, 1.165) is 18.4 Å². The van der Waals surface area contributed by atoms with E-state index in [1.54, 1.807) is 47.0 Å². The highest BCUT2D eigenvalue weighted by molar-refractivity contribution is 6.30. The number of piperidine rings is 1. The summed E-state index contributed by atoms with van der Waals surface area (Å²) in [5.74, 6) is 1.00. The summed E-state index contributed by atoms with van der Waals surface area (Å²) in [7, 11) is 1.57. The first-order chi connectivity index (χ1) is 16.5. The maximum absolute atomic E-state index is 13.1. The van der Waals surface area contributed by atoms with Gasteiger partial charge in [0.15, 0.2) is 11.2 Å². The maximum Gasteiger partial charge on any atom is 0.281 e. The van der Waals surface area contributed by atoms with Gasteiger partial charge >= 0.3 is 0 Å². The highest BCUT2D eigenvalue weighted by Gasteiger charge is 2.28. The molecule has 2 aromatic carbocycles. The monoisotopic (exact) mass is 478 g/mol. The molecule has 4 aromatic rings. The van der Waals surface area contributed by atoms with Crippen molar-refractivity contribution in [1.29, 1.82) is 0 Å². The van der Waals surface area contributed by atoms with Gasteiger partial charge in [0.05, 0.1) is 13.7 Å². The fraction of sp³-hybridized carbons (Fsp3) is 0.292. The number of rotatable bonds is 5. The molecule has 1 atom stereocenters. The number of H-pyrrole nitrogens is 1. The zero-order valence-corrected chi connectivity index (χ0v) is 19.3. The van der Waals surface area contributed by atoms with E-state index in [4.69, 9.17) is 21.3 Å². The molecule has 0 aliphatic carbocycles. The standard InChI is InChI=1S/C24H23ClN6O3/c1-34-19-9-3-6-16(12-19)24(33)30-10-4-7-17(14-30)21-26-22-20(23(32)27-21)28-29-31(22)13-15-5-2-8-18(25)11-15/h2-3,5-6,8-9,11-12,17H,4,7,10,13-14H2,1H3,(H,26,27,32)/t17-/m0/s1. The number of likely N-dealkylation sites (tertiary alicyclic amines) is 1. The fourth-order valence-corrected chi connectivity index (χ4v) is 4.53. The summed E-state index contributed by atoms with van der Waals surface area (Å²) in [4.78, 5) is 35.2. The molecule has 0 unspecified atom stereocenters. The molecule has 1 aliphatic rings. The first kappa shape index (κ1) is 22.1. The minimum atomic E-state index is -0.339. The van der Waals surface area contributed by atoms with Crippen molar-refractivity contribution in [2.24, 2.45) is 0 Å². The molecule has 174 valence electrons. The minimum absolute atomic E-state index is 0.0697. The molecular weight excluding hydrogens is 456 g/mol. The van der Waals surface area contributed by atoms with Crippen LogP contribution in [0.4, 0.5) is 0 Å². The Morgan fingerprint density at radius 1 is 1.24 bits per heavy atom. The van der Waals surface area contributed by atoms with E-state index in [0.29, 0.717) is 47.4 Å². The molecule has 5 rings (SSSR count). The van der Waals surface area contributed by atoms with Crippen LogP contribution in [0.3, 0.4) is 0 Å². The van der Waals surface area contributed by atoms with Crippen molar-refractivity contribution in [3.63, 3.8) is 0 Å². The van der Waals surface area contributed by atoms with Crippen LogP contribution in [0.5, 0.6) is 5.75 Å². The van der Waals surface area contributed by atoms with Gasteiger partial charge in [0.2, 0.25) is 0 Å². The van der Waals surface area contributed by atoms with Gasteiger partial charge in [0, 0.05) is 29.6 Å². The van der Waals surface area contributed by atoms with Crippen LogP contribution in [0, 0.1) is 0 Å². The Balaban J connectivity index is 1.42. The summed E-state index contributed by atoms with van der Waals surface area (Å²) in [5.41, 5.74) is 1.76. The molecule has 0 spiro atoms. The Labute approximate surface area is 200 Å². The number of ether oxygens (including phenoxy) is 1. The van der Waals surface area contributed by atoms with Crippen LogP contribution in [0.1, 0.15) is 40.5 Å². The van der Waals surface area contributed by atoms with Gasteiger partial charge in [-0.1, -0.05) is 35.0 Å². The van der Waals surface area contributed by atoms with Crippen molar-refractivity contribution in [2.75, 3.05) is 20.2 Å². The second-order valence-electron chi connectivity index (χ2n) is 8.32. The van der Waals surface area contributed by atoms with Crippen LogP contribution < -0.4 is 10.3 Å². The number of carbonyl (C=O) groups excluding carboxylic acids is 1. The van der Waals surface area contributed by atoms with E-state index >= 15 is 0 Å². The average molecular weight is 479 g/mol. The van der Waals surface area contributed by atoms with Crippen LogP contribution in [0.2, 0.25) is 5.02 Å². The van der Waals surface area contributed by atoms with Gasteiger partial charge < -0.3 is 14.6 Å². The first-order valence-electron chi connectivity index (χ1n) is 11.0. The number of halogens is 1. The predicted molar refractivity (Wildman–Crippen MR) is 127 cm³/mol. The number of amides is 1. The van der Waals surface area contributed by atoms with Gasteiger partial charge in [-0.2, -0.15) is 0 Å². The summed E-state index contributed by atoms with van der Waals surface area (Å²) in [5, 5.41) is 8.77. The van der Waals surface area contributed by atoms with Crippen LogP contribution in [0.15, 0.2) is 53.3 Å². The lowest BCUT2D eigenvalue weighted by atomic mass is 9.96. The Hall–Kier alpha value is -3.72. The molecule has 1 N–H and O–H groups in total. The Morgan fingerprint density at radius 3 is 2.91 bits per heavy atom. The van der Waals surface area contributed by atoms with Crippen LogP contribution >= 0.6 is 11.6 Å². The quantitative estimate of drug-likeness (QED) is 0.472. The topological polar surface area (TPSA) is 106 Å². The number of hydrogen-bond donors (Lipinski definition) is 1. The predicted octanol–water partition coefficient (Wildman–Crippen LogP) is 3.24. The second-order valence-corrected chi connectivity index (χ2v) is 8.76. The summed E-state index contributed by atoms with van der Waals surface area (Å²) < 4.78 is 6.85. The number of fused-ring (bicyclic) bond motifs is 1. The molecule has 0 bridgehead atoms. The van der Waals surface area contributed by atoms with Gasteiger partial charge in [-0.15, -0.1) is 5.10 Å². The number of aromatic amines is 1. The molecule has 2 aromatic heterocycles. The molecule has 10 heteroatoms. The fourth-order valence-electron chi connectivity index (χ4n) is 4.31. The van der Waals surface area contributed by atoms with Crippen molar-refractivity contribution in [1.82, 2.24) is 29.9 Å². The zero-order valence-electron chi connectivity index (χ0n) is 18.6. The number of hydrogen-bond acceptors (Lipinski definition) is 6. The summed E-state index contributed by atoms with van der Waals surface area (Å²) in [6.07, 6.45) is 1.62. The summed E-state index contributed by atoms with van der Waals surface area (Å²) in [6, 6.07) is 14.5. The van der Waals surface area contributed by atoms with Crippen molar-refractivity contribution in [3.8, 4) is 5.75 Å². The largest absolute Gasteiger partial charge is 0.497 e. The molecule has 1 fully saturated rings. The van der Waals surface area contributed by atoms with Crippen molar-refractivity contribution in [3.05, 3.63) is 80.9 Å². The number of nitrogens with zero attached hydrogens (tertiary/aromatic N) is 5. The minimum Gasteiger partial charge on any atom is -0.497 e. The maximum atomic E-state index is 13.1. The Morgan fingerprint density at radius 2 is 2.09 bits per heavy atom. The van der Waals surface area contributed by atoms with Crippen LogP contribution in [0.25, 0.3) is 11.2 Å². The third-order valence-electron chi connectivity index (χ3n) is 6.03. The second kappa shape index (κ2) is 9.26. The van der Waals surface area contributed by atoms with E-state index in [9.17, 15) is 9.59 Å². The molecule has 34 heavy (non-hydrogen) atoms. The molecule has 1 aliphatic heterocycles. The third kappa shape index (κ3) is 4.38. The molecular formula is C24H23ClN6O3. The zero-order chi connectivity index (χ0) is 23.7. The molecule has 0 saturated carbocycles. The van der Waals surface area contributed by atoms with Gasteiger partial charge in [-0.25, -0.2) is 9.67 Å². The van der Waals surface area contributed by atoms with E-state index < -0.39 is 0 Å². The van der Waals surface area contributed by atoms with E-state index in [1.807, 2.05) is 18.2 Å². The van der Waals surface area contributed by atoms with Crippen LogP contribution in [-0.2, 0) is 6.54 Å². The molecule has 1 saturated heterocycles. The van der Waals surface area contributed by atoms with Crippen molar-refractivity contribution < 1.29 is 9.53 Å². The SMILES string of the molecule is COc1cccc(C(=O)N2CCC[C@H](c3nc4c(nnn4Cc4cccc(Cl)c4)c(=O)[nH]3)C2)c1. The average Bonchev–Trinajstić information content (AvgIpc) is 3.27. The Kier molecular flexibility index (Phi) is 6.02. The smallest absolute Gasteiger partial charge is 0.281 e. The van der Waals surface area contributed by atoms with Gasteiger partial charge in [0.25, 0.3) is 11.5 Å². The van der Waals surface area contributed by atoms with E-state index in [2.05, 4.69) is 15.3 Å². The van der Waals surface area contributed by atoms with Gasteiger partial charge in [-0.05, 0) is 48.7 Å². The lowest BCUT2D eigenvalue weighted by Gasteiger charge is -2.32.